The number of rotatable bonds is 4. The minimum absolute atomic E-state index is 0.0402. The van der Waals surface area contributed by atoms with Crippen molar-refractivity contribution in [3.8, 4) is 11.1 Å². The van der Waals surface area contributed by atoms with Crippen molar-refractivity contribution in [1.29, 1.82) is 0 Å². The fraction of sp³-hybridized carbons (Fsp3) is 0.350. The first-order valence-electron chi connectivity index (χ1n) is 8.20. The molecule has 1 aliphatic rings. The normalized spacial score (nSPS) is 16.3. The van der Waals surface area contributed by atoms with Gasteiger partial charge in [0.25, 0.3) is 0 Å². The largest absolute Gasteiger partial charge is 0.462 e. The Morgan fingerprint density at radius 2 is 1.83 bits per heavy atom. The summed E-state index contributed by atoms with van der Waals surface area (Å²) in [4.78, 5) is 12.2. The van der Waals surface area contributed by atoms with Gasteiger partial charge in [-0.15, -0.1) is 0 Å². The van der Waals surface area contributed by atoms with Crippen LogP contribution in [0.4, 0.5) is 4.39 Å². The number of esters is 1. The maximum absolute atomic E-state index is 14.4. The van der Waals surface area contributed by atoms with Crippen molar-refractivity contribution in [3.05, 3.63) is 59.9 Å². The Bertz CT molecular complexity index is 675. The number of carbonyl (C=O) groups is 1. The van der Waals surface area contributed by atoms with Gasteiger partial charge in [-0.25, -0.2) is 4.39 Å². The van der Waals surface area contributed by atoms with E-state index in [0.29, 0.717) is 11.1 Å². The molecule has 0 radical (unpaired) electrons. The molecular formula is C20H21FO2. The highest BCUT2D eigenvalue weighted by atomic mass is 19.1. The van der Waals surface area contributed by atoms with Crippen molar-refractivity contribution in [2.24, 2.45) is 0 Å². The van der Waals surface area contributed by atoms with Gasteiger partial charge in [-0.2, -0.15) is 0 Å². The lowest BCUT2D eigenvalue weighted by Gasteiger charge is -2.16. The summed E-state index contributed by atoms with van der Waals surface area (Å²) in [7, 11) is 0. The van der Waals surface area contributed by atoms with Crippen molar-refractivity contribution in [2.75, 3.05) is 0 Å². The van der Waals surface area contributed by atoms with Crippen LogP contribution in [0.15, 0.2) is 48.5 Å². The topological polar surface area (TPSA) is 26.3 Å². The van der Waals surface area contributed by atoms with E-state index in [0.717, 1.165) is 31.2 Å². The molecule has 1 fully saturated rings. The van der Waals surface area contributed by atoms with Gasteiger partial charge in [-0.05, 0) is 49.8 Å². The van der Waals surface area contributed by atoms with Gasteiger partial charge in [0.15, 0.2) is 0 Å². The molecule has 3 rings (SSSR count). The Morgan fingerprint density at radius 1 is 1.13 bits per heavy atom. The monoisotopic (exact) mass is 312 g/mol. The molecule has 0 aliphatic heterocycles. The quantitative estimate of drug-likeness (QED) is 0.736. The fourth-order valence-corrected chi connectivity index (χ4v) is 3.06. The van der Waals surface area contributed by atoms with Crippen LogP contribution in [0.3, 0.4) is 0 Å². The average molecular weight is 312 g/mol. The van der Waals surface area contributed by atoms with E-state index in [4.69, 9.17) is 4.74 Å². The highest BCUT2D eigenvalue weighted by Crippen LogP contribution is 2.28. The molecule has 1 saturated carbocycles. The van der Waals surface area contributed by atoms with Crippen molar-refractivity contribution >= 4 is 5.97 Å². The average Bonchev–Trinajstić information content (AvgIpc) is 3.07. The van der Waals surface area contributed by atoms with E-state index in [1.54, 1.807) is 13.0 Å². The lowest BCUT2D eigenvalue weighted by Crippen LogP contribution is -2.19. The molecule has 23 heavy (non-hydrogen) atoms. The molecule has 0 amide bonds. The lowest BCUT2D eigenvalue weighted by atomic mass is 9.97. The zero-order chi connectivity index (χ0) is 16.2. The van der Waals surface area contributed by atoms with E-state index in [1.165, 1.54) is 6.07 Å². The van der Waals surface area contributed by atoms with Crippen LogP contribution < -0.4 is 0 Å². The maximum atomic E-state index is 14.4. The minimum Gasteiger partial charge on any atom is -0.462 e. The summed E-state index contributed by atoms with van der Waals surface area (Å²) in [5.74, 6) is -1.02. The van der Waals surface area contributed by atoms with Crippen LogP contribution in [0.5, 0.6) is 0 Å². The van der Waals surface area contributed by atoms with Crippen LogP contribution in [-0.4, -0.2) is 12.1 Å². The van der Waals surface area contributed by atoms with Crippen LogP contribution in [0.1, 0.15) is 44.1 Å². The summed E-state index contributed by atoms with van der Waals surface area (Å²) in [6.07, 6.45) is 4.16. The number of hydrogen-bond donors (Lipinski definition) is 0. The molecule has 0 spiro atoms. The fourth-order valence-electron chi connectivity index (χ4n) is 3.06. The third kappa shape index (κ3) is 3.61. The number of halogens is 1. The van der Waals surface area contributed by atoms with E-state index < -0.39 is 5.92 Å². The molecule has 2 nitrogen and oxygen atoms in total. The molecule has 0 saturated heterocycles. The zero-order valence-corrected chi connectivity index (χ0v) is 13.3. The Kier molecular flexibility index (Phi) is 4.75. The van der Waals surface area contributed by atoms with Gasteiger partial charge in [0.2, 0.25) is 0 Å². The molecule has 1 aliphatic carbocycles. The molecule has 0 heterocycles. The van der Waals surface area contributed by atoms with Crippen LogP contribution >= 0.6 is 0 Å². The smallest absolute Gasteiger partial charge is 0.313 e. The molecule has 1 atom stereocenters. The third-order valence-corrected chi connectivity index (χ3v) is 4.52. The van der Waals surface area contributed by atoms with Crippen molar-refractivity contribution in [2.45, 2.75) is 44.6 Å². The van der Waals surface area contributed by atoms with E-state index in [1.807, 2.05) is 36.4 Å². The van der Waals surface area contributed by atoms with Crippen LogP contribution in [0.2, 0.25) is 0 Å². The first kappa shape index (κ1) is 15.7. The Morgan fingerprint density at radius 3 is 2.48 bits per heavy atom. The van der Waals surface area contributed by atoms with E-state index >= 15 is 0 Å². The molecule has 120 valence electrons. The van der Waals surface area contributed by atoms with Crippen molar-refractivity contribution in [1.82, 2.24) is 0 Å². The summed E-state index contributed by atoms with van der Waals surface area (Å²) in [5, 5.41) is 0. The Labute approximate surface area is 136 Å². The van der Waals surface area contributed by atoms with Gasteiger partial charge in [-0.1, -0.05) is 42.5 Å². The second-order valence-corrected chi connectivity index (χ2v) is 6.17. The summed E-state index contributed by atoms with van der Waals surface area (Å²) < 4.78 is 19.9. The van der Waals surface area contributed by atoms with Gasteiger partial charge in [0.1, 0.15) is 11.9 Å². The highest BCUT2D eigenvalue weighted by molar-refractivity contribution is 5.78. The highest BCUT2D eigenvalue weighted by Gasteiger charge is 2.24. The van der Waals surface area contributed by atoms with Gasteiger partial charge < -0.3 is 4.74 Å². The molecule has 0 aromatic heterocycles. The second-order valence-electron chi connectivity index (χ2n) is 6.17. The molecule has 1 unspecified atom stereocenters. The summed E-state index contributed by atoms with van der Waals surface area (Å²) >= 11 is 0. The lowest BCUT2D eigenvalue weighted by molar-refractivity contribution is -0.150. The molecule has 0 N–H and O–H groups in total. The third-order valence-electron chi connectivity index (χ3n) is 4.52. The minimum atomic E-state index is -0.449. The standard InChI is InChI=1S/C20H21FO2/c1-14(20(22)23-17-9-5-6-10-17)16-11-12-18(19(21)13-16)15-7-3-2-4-8-15/h2-4,7-8,11-14,17H,5-6,9-10H2,1H3. The summed E-state index contributed by atoms with van der Waals surface area (Å²) in [6, 6.07) is 14.4. The molecule has 3 heteroatoms. The van der Waals surface area contributed by atoms with E-state index in [-0.39, 0.29) is 17.9 Å². The van der Waals surface area contributed by atoms with E-state index in [2.05, 4.69) is 0 Å². The molecule has 2 aromatic carbocycles. The summed E-state index contributed by atoms with van der Waals surface area (Å²) in [5.41, 5.74) is 2.04. The number of ether oxygens (including phenoxy) is 1. The number of benzene rings is 2. The predicted octanol–water partition coefficient (Wildman–Crippen LogP) is 5.08. The van der Waals surface area contributed by atoms with Gasteiger partial charge in [0.05, 0.1) is 5.92 Å². The number of hydrogen-bond acceptors (Lipinski definition) is 2. The van der Waals surface area contributed by atoms with Gasteiger partial charge in [0, 0.05) is 5.56 Å². The zero-order valence-electron chi connectivity index (χ0n) is 13.3. The van der Waals surface area contributed by atoms with E-state index in [9.17, 15) is 9.18 Å². The first-order valence-corrected chi connectivity index (χ1v) is 8.20. The molecule has 2 aromatic rings. The van der Waals surface area contributed by atoms with Gasteiger partial charge in [-0.3, -0.25) is 4.79 Å². The Balaban J connectivity index is 1.75. The van der Waals surface area contributed by atoms with Crippen LogP contribution in [-0.2, 0) is 9.53 Å². The summed E-state index contributed by atoms with van der Waals surface area (Å²) in [6.45, 7) is 1.77. The first-order chi connectivity index (χ1) is 11.1. The Hall–Kier alpha value is -2.16. The van der Waals surface area contributed by atoms with Gasteiger partial charge >= 0.3 is 5.97 Å². The van der Waals surface area contributed by atoms with Crippen LogP contribution in [0, 0.1) is 5.82 Å². The SMILES string of the molecule is CC(C(=O)OC1CCCC1)c1ccc(-c2ccccc2)c(F)c1. The molecule has 0 bridgehead atoms. The molecular weight excluding hydrogens is 291 g/mol. The van der Waals surface area contributed by atoms with Crippen molar-refractivity contribution in [3.63, 3.8) is 0 Å². The number of carbonyl (C=O) groups excluding carboxylic acids is 1. The van der Waals surface area contributed by atoms with Crippen LogP contribution in [0.25, 0.3) is 11.1 Å². The second kappa shape index (κ2) is 6.95. The predicted molar refractivity (Wildman–Crippen MR) is 88.6 cm³/mol. The van der Waals surface area contributed by atoms with Crippen molar-refractivity contribution < 1.29 is 13.9 Å². The maximum Gasteiger partial charge on any atom is 0.313 e.